The summed E-state index contributed by atoms with van der Waals surface area (Å²) in [5.74, 6) is 0.302. The van der Waals surface area contributed by atoms with Crippen molar-refractivity contribution >= 4 is 17.7 Å². The molecule has 2 fully saturated rings. The SMILES string of the molecule is COCCN(C(=O)c1ccc(F)cc1)C1CCN(C(=O)c2cccc(OC)c2)[C@@H](C(=O)NCC2CCC(CN)CC2)C1. The van der Waals surface area contributed by atoms with Gasteiger partial charge in [-0.2, -0.15) is 0 Å². The van der Waals surface area contributed by atoms with Crippen LogP contribution in [-0.2, 0) is 9.53 Å². The summed E-state index contributed by atoms with van der Waals surface area (Å²) in [5, 5.41) is 3.13. The zero-order valence-corrected chi connectivity index (χ0v) is 24.6. The van der Waals surface area contributed by atoms with Crippen molar-refractivity contribution in [3.8, 4) is 5.75 Å². The van der Waals surface area contributed by atoms with Crippen molar-refractivity contribution in [3.63, 3.8) is 0 Å². The summed E-state index contributed by atoms with van der Waals surface area (Å²) in [5.41, 5.74) is 6.64. The van der Waals surface area contributed by atoms with E-state index in [4.69, 9.17) is 15.2 Å². The predicted octanol–water partition coefficient (Wildman–Crippen LogP) is 3.48. The number of rotatable bonds is 11. The summed E-state index contributed by atoms with van der Waals surface area (Å²) in [6.07, 6.45) is 4.90. The molecule has 3 N–H and O–H groups in total. The number of carbonyl (C=O) groups excluding carboxylic acids is 3. The number of ether oxygens (including phenoxy) is 2. The van der Waals surface area contributed by atoms with Crippen LogP contribution in [0.4, 0.5) is 4.39 Å². The molecule has 1 saturated carbocycles. The van der Waals surface area contributed by atoms with Crippen LogP contribution in [0, 0.1) is 17.7 Å². The van der Waals surface area contributed by atoms with E-state index < -0.39 is 11.9 Å². The number of piperidine rings is 1. The molecule has 9 nitrogen and oxygen atoms in total. The van der Waals surface area contributed by atoms with Crippen LogP contribution < -0.4 is 15.8 Å². The lowest BCUT2D eigenvalue weighted by atomic mass is 9.82. The number of nitrogens with one attached hydrogen (secondary N) is 1. The Morgan fingerprint density at radius 1 is 1.00 bits per heavy atom. The number of methoxy groups -OCH3 is 2. The summed E-state index contributed by atoms with van der Waals surface area (Å²) in [6.45, 7) is 2.14. The van der Waals surface area contributed by atoms with Gasteiger partial charge in [-0.3, -0.25) is 14.4 Å². The van der Waals surface area contributed by atoms with Crippen LogP contribution in [0.2, 0.25) is 0 Å². The minimum Gasteiger partial charge on any atom is -0.497 e. The van der Waals surface area contributed by atoms with Gasteiger partial charge in [0.15, 0.2) is 0 Å². The molecule has 0 radical (unpaired) electrons. The molecule has 0 bridgehead atoms. The number of likely N-dealkylation sites (tertiary alicyclic amines) is 1. The molecule has 2 aromatic carbocycles. The Kier molecular flexibility index (Phi) is 11.3. The minimum atomic E-state index is -0.770. The molecule has 0 spiro atoms. The van der Waals surface area contributed by atoms with Gasteiger partial charge in [-0.05, 0) is 99.4 Å². The minimum absolute atomic E-state index is 0.224. The normalized spacial score (nSPS) is 22.3. The molecule has 2 aromatic rings. The maximum absolute atomic E-state index is 13.8. The Bertz CT molecular complexity index is 1200. The van der Waals surface area contributed by atoms with Crippen molar-refractivity contribution in [1.82, 2.24) is 15.1 Å². The van der Waals surface area contributed by atoms with Gasteiger partial charge in [0.2, 0.25) is 5.91 Å². The number of benzene rings is 2. The van der Waals surface area contributed by atoms with Crippen molar-refractivity contribution in [3.05, 3.63) is 65.5 Å². The Morgan fingerprint density at radius 3 is 2.38 bits per heavy atom. The van der Waals surface area contributed by atoms with Gasteiger partial charge in [-0.15, -0.1) is 0 Å². The fraction of sp³-hybridized carbons (Fsp3) is 0.531. The van der Waals surface area contributed by atoms with Crippen LogP contribution in [0.25, 0.3) is 0 Å². The molecule has 1 saturated heterocycles. The first-order valence-electron chi connectivity index (χ1n) is 14.8. The highest BCUT2D eigenvalue weighted by molar-refractivity contribution is 5.98. The number of carbonyl (C=O) groups is 3. The number of nitrogens with two attached hydrogens (primary N) is 1. The maximum atomic E-state index is 13.8. The van der Waals surface area contributed by atoms with E-state index in [0.717, 1.165) is 25.7 Å². The molecular weight excluding hydrogens is 539 g/mol. The van der Waals surface area contributed by atoms with Crippen molar-refractivity contribution in [2.24, 2.45) is 17.6 Å². The van der Waals surface area contributed by atoms with Crippen molar-refractivity contribution in [2.45, 2.75) is 50.6 Å². The molecular formula is C32H43FN4O5. The number of nitrogens with zero attached hydrogens (tertiary/aromatic N) is 2. The Labute approximate surface area is 247 Å². The van der Waals surface area contributed by atoms with Gasteiger partial charge in [0.1, 0.15) is 17.6 Å². The van der Waals surface area contributed by atoms with Crippen molar-refractivity contribution in [2.75, 3.05) is 47.0 Å². The molecule has 1 aliphatic heterocycles. The topological polar surface area (TPSA) is 114 Å². The van der Waals surface area contributed by atoms with Gasteiger partial charge in [-0.1, -0.05) is 6.07 Å². The molecule has 3 amide bonds. The highest BCUT2D eigenvalue weighted by atomic mass is 19.1. The van der Waals surface area contributed by atoms with E-state index in [1.54, 1.807) is 48.3 Å². The van der Waals surface area contributed by atoms with Crippen LogP contribution in [-0.4, -0.2) is 86.6 Å². The van der Waals surface area contributed by atoms with Crippen LogP contribution >= 0.6 is 0 Å². The fourth-order valence-electron chi connectivity index (χ4n) is 6.08. The summed E-state index contributed by atoms with van der Waals surface area (Å²) >= 11 is 0. The average molecular weight is 583 g/mol. The summed E-state index contributed by atoms with van der Waals surface area (Å²) in [6, 6.07) is 11.2. The number of halogens is 1. The zero-order valence-electron chi connectivity index (χ0n) is 24.6. The molecule has 42 heavy (non-hydrogen) atoms. The largest absolute Gasteiger partial charge is 0.497 e. The van der Waals surface area contributed by atoms with E-state index in [2.05, 4.69) is 5.32 Å². The van der Waals surface area contributed by atoms with Gasteiger partial charge in [0, 0.05) is 43.9 Å². The smallest absolute Gasteiger partial charge is 0.254 e. The van der Waals surface area contributed by atoms with Crippen LogP contribution in [0.5, 0.6) is 5.75 Å². The van der Waals surface area contributed by atoms with Gasteiger partial charge in [0.25, 0.3) is 11.8 Å². The van der Waals surface area contributed by atoms with Gasteiger partial charge in [0.05, 0.1) is 13.7 Å². The highest BCUT2D eigenvalue weighted by Gasteiger charge is 2.40. The van der Waals surface area contributed by atoms with E-state index in [1.165, 1.54) is 24.3 Å². The molecule has 10 heteroatoms. The number of amides is 3. The average Bonchev–Trinajstić information content (AvgIpc) is 3.03. The molecule has 1 aliphatic carbocycles. The second-order valence-electron chi connectivity index (χ2n) is 11.3. The van der Waals surface area contributed by atoms with Crippen molar-refractivity contribution < 1.29 is 28.2 Å². The van der Waals surface area contributed by atoms with Crippen LogP contribution in [0.15, 0.2) is 48.5 Å². The molecule has 228 valence electrons. The quantitative estimate of drug-likeness (QED) is 0.420. The van der Waals surface area contributed by atoms with E-state index in [0.29, 0.717) is 67.9 Å². The molecule has 0 aromatic heterocycles. The molecule has 1 unspecified atom stereocenters. The van der Waals surface area contributed by atoms with Gasteiger partial charge < -0.3 is 30.3 Å². The third kappa shape index (κ3) is 7.86. The lowest BCUT2D eigenvalue weighted by Gasteiger charge is -2.43. The lowest BCUT2D eigenvalue weighted by Crippen LogP contribution is -2.58. The fourth-order valence-corrected chi connectivity index (χ4v) is 6.08. The molecule has 2 aliphatic rings. The van der Waals surface area contributed by atoms with Crippen molar-refractivity contribution in [1.29, 1.82) is 0 Å². The first-order valence-corrected chi connectivity index (χ1v) is 14.8. The first-order chi connectivity index (χ1) is 20.3. The third-order valence-electron chi connectivity index (χ3n) is 8.65. The van der Waals surface area contributed by atoms with Gasteiger partial charge >= 0.3 is 0 Å². The third-order valence-corrected chi connectivity index (χ3v) is 8.65. The summed E-state index contributed by atoms with van der Waals surface area (Å²) in [7, 11) is 3.10. The van der Waals surface area contributed by atoms with E-state index >= 15 is 0 Å². The van der Waals surface area contributed by atoms with E-state index in [9.17, 15) is 18.8 Å². The monoisotopic (exact) mass is 582 g/mol. The van der Waals surface area contributed by atoms with Gasteiger partial charge in [-0.25, -0.2) is 4.39 Å². The number of hydrogen-bond donors (Lipinski definition) is 2. The van der Waals surface area contributed by atoms with E-state index in [-0.39, 0.29) is 30.2 Å². The molecule has 2 atom stereocenters. The summed E-state index contributed by atoms with van der Waals surface area (Å²) < 4.78 is 24.2. The predicted molar refractivity (Wildman–Crippen MR) is 158 cm³/mol. The second kappa shape index (κ2) is 15.1. The Balaban J connectivity index is 1.55. The van der Waals surface area contributed by atoms with Crippen LogP contribution in [0.3, 0.4) is 0 Å². The van der Waals surface area contributed by atoms with E-state index in [1.807, 2.05) is 0 Å². The standard InChI is InChI=1S/C32H43FN4O5/c1-41-17-16-36(31(39)24-10-12-26(33)13-11-24)27-14-15-37(32(40)25-4-3-5-28(18-25)42-2)29(19-27)30(38)35-21-23-8-6-22(20-34)7-9-23/h3-5,10-13,18,22-23,27,29H,6-9,14-17,19-21,34H2,1-2H3,(H,35,38)/t22?,23?,27?,29-/m1/s1. The lowest BCUT2D eigenvalue weighted by molar-refractivity contribution is -0.127. The Morgan fingerprint density at radius 2 is 1.71 bits per heavy atom. The zero-order chi connectivity index (χ0) is 30.1. The van der Waals surface area contributed by atoms with Crippen LogP contribution in [0.1, 0.15) is 59.2 Å². The Hall–Kier alpha value is -3.50. The second-order valence-corrected chi connectivity index (χ2v) is 11.3. The molecule has 4 rings (SSSR count). The maximum Gasteiger partial charge on any atom is 0.254 e. The first kappa shape index (κ1) is 31.4. The highest BCUT2D eigenvalue weighted by Crippen LogP contribution is 2.29. The molecule has 1 heterocycles. The summed E-state index contributed by atoms with van der Waals surface area (Å²) in [4.78, 5) is 44.4. The number of hydrogen-bond acceptors (Lipinski definition) is 6.